The number of halogens is 2. The number of nitrogens with zero attached hydrogens (tertiary/aromatic N) is 1. The summed E-state index contributed by atoms with van der Waals surface area (Å²) in [5.74, 6) is 1.02. The van der Waals surface area contributed by atoms with E-state index in [-0.39, 0.29) is 53.8 Å². The number of rotatable bonds is 5. The molecule has 1 aromatic carbocycles. The monoisotopic (exact) mass is 467 g/mol. The van der Waals surface area contributed by atoms with E-state index in [1.54, 1.807) is 18.2 Å². The first-order valence-corrected chi connectivity index (χ1v) is 9.83. The lowest BCUT2D eigenvalue weighted by molar-refractivity contribution is 0.565. The summed E-state index contributed by atoms with van der Waals surface area (Å²) >= 11 is 0. The molecule has 24 heavy (non-hydrogen) atoms. The SMILES string of the molecule is I.O=S1(=O)CCC(CNC(=NCc2ccccc2F)NC2CC2)C1. The molecule has 0 amide bonds. The zero-order chi connectivity index (χ0) is 16.3. The minimum Gasteiger partial charge on any atom is -0.356 e. The van der Waals surface area contributed by atoms with Gasteiger partial charge in [0.15, 0.2) is 15.8 Å². The van der Waals surface area contributed by atoms with Gasteiger partial charge in [0.25, 0.3) is 0 Å². The van der Waals surface area contributed by atoms with Crippen LogP contribution in [-0.2, 0) is 16.4 Å². The Morgan fingerprint density at radius 1 is 1.25 bits per heavy atom. The minimum absolute atomic E-state index is 0. The summed E-state index contributed by atoms with van der Waals surface area (Å²) in [7, 11) is -2.86. The molecular weight excluding hydrogens is 444 g/mol. The number of aliphatic imine (C=N–C) groups is 1. The Balaban J connectivity index is 0.00000208. The number of hydrogen-bond donors (Lipinski definition) is 2. The Bertz CT molecular complexity index is 692. The molecule has 0 radical (unpaired) electrons. The molecule has 1 aliphatic carbocycles. The van der Waals surface area contributed by atoms with Crippen LogP contribution in [0.25, 0.3) is 0 Å². The Kier molecular flexibility index (Phi) is 6.85. The van der Waals surface area contributed by atoms with Crippen LogP contribution >= 0.6 is 24.0 Å². The second kappa shape index (κ2) is 8.46. The van der Waals surface area contributed by atoms with Gasteiger partial charge in [-0.3, -0.25) is 0 Å². The summed E-state index contributed by atoms with van der Waals surface area (Å²) < 4.78 is 36.7. The van der Waals surface area contributed by atoms with Crippen LogP contribution in [0.4, 0.5) is 4.39 Å². The lowest BCUT2D eigenvalue weighted by Gasteiger charge is -2.15. The molecule has 3 rings (SSSR count). The second-order valence-electron chi connectivity index (χ2n) is 6.32. The average Bonchev–Trinajstić information content (AvgIpc) is 3.26. The summed E-state index contributed by atoms with van der Waals surface area (Å²) in [5.41, 5.74) is 0.549. The van der Waals surface area contributed by atoms with Gasteiger partial charge in [-0.1, -0.05) is 18.2 Å². The lowest BCUT2D eigenvalue weighted by atomic mass is 10.1. The first-order valence-electron chi connectivity index (χ1n) is 8.00. The summed E-state index contributed by atoms with van der Waals surface area (Å²) in [4.78, 5) is 4.44. The molecule has 2 aliphatic rings. The van der Waals surface area contributed by atoms with Crippen LogP contribution in [-0.4, -0.2) is 38.5 Å². The van der Waals surface area contributed by atoms with Gasteiger partial charge < -0.3 is 10.6 Å². The number of benzene rings is 1. The van der Waals surface area contributed by atoms with Crippen molar-refractivity contribution >= 4 is 39.8 Å². The fourth-order valence-electron chi connectivity index (χ4n) is 2.64. The Morgan fingerprint density at radius 3 is 2.62 bits per heavy atom. The third-order valence-corrected chi connectivity index (χ3v) is 6.01. The van der Waals surface area contributed by atoms with E-state index in [1.165, 1.54) is 6.07 Å². The van der Waals surface area contributed by atoms with Crippen LogP contribution in [0, 0.1) is 11.7 Å². The van der Waals surface area contributed by atoms with Crippen LogP contribution in [0.2, 0.25) is 0 Å². The molecule has 8 heteroatoms. The quantitative estimate of drug-likeness (QED) is 0.395. The maximum absolute atomic E-state index is 13.7. The van der Waals surface area contributed by atoms with Crippen molar-refractivity contribution in [3.63, 3.8) is 0 Å². The Hall–Kier alpha value is -0.900. The van der Waals surface area contributed by atoms with Gasteiger partial charge >= 0.3 is 0 Å². The molecular formula is C16H23FIN3O2S. The fraction of sp³-hybridized carbons (Fsp3) is 0.562. The number of hydrogen-bond acceptors (Lipinski definition) is 3. The smallest absolute Gasteiger partial charge is 0.191 e. The summed E-state index contributed by atoms with van der Waals surface area (Å²) in [6, 6.07) is 7.02. The number of guanidine groups is 1. The first-order chi connectivity index (χ1) is 11.0. The van der Waals surface area contributed by atoms with Crippen molar-refractivity contribution in [2.45, 2.75) is 31.8 Å². The molecule has 134 valence electrons. The van der Waals surface area contributed by atoms with E-state index in [0.29, 0.717) is 30.5 Å². The predicted octanol–water partition coefficient (Wildman–Crippen LogP) is 2.08. The Morgan fingerprint density at radius 2 is 2.00 bits per heavy atom. The second-order valence-corrected chi connectivity index (χ2v) is 8.55. The maximum Gasteiger partial charge on any atom is 0.191 e. The maximum atomic E-state index is 13.7. The highest BCUT2D eigenvalue weighted by molar-refractivity contribution is 14.0. The molecule has 5 nitrogen and oxygen atoms in total. The van der Waals surface area contributed by atoms with Gasteiger partial charge in [-0.05, 0) is 31.2 Å². The molecule has 1 atom stereocenters. The van der Waals surface area contributed by atoms with Gasteiger partial charge in [-0.15, -0.1) is 24.0 Å². The van der Waals surface area contributed by atoms with Crippen LogP contribution in [0.5, 0.6) is 0 Å². The van der Waals surface area contributed by atoms with Gasteiger partial charge in [0.05, 0.1) is 18.1 Å². The topological polar surface area (TPSA) is 70.6 Å². The predicted molar refractivity (Wildman–Crippen MR) is 104 cm³/mol. The van der Waals surface area contributed by atoms with Gasteiger partial charge in [0.1, 0.15) is 5.82 Å². The third-order valence-electron chi connectivity index (χ3n) is 4.17. The standard InChI is InChI=1S/C16H22FN3O2S.HI/c17-15-4-2-1-3-13(15)10-19-16(20-14-5-6-14)18-9-12-7-8-23(21,22)11-12;/h1-4,12,14H,5-11H2,(H2,18,19,20);1H. The molecule has 1 aromatic rings. The van der Waals surface area contributed by atoms with E-state index in [1.807, 2.05) is 0 Å². The molecule has 1 aliphatic heterocycles. The van der Waals surface area contributed by atoms with E-state index in [9.17, 15) is 12.8 Å². The van der Waals surface area contributed by atoms with E-state index in [0.717, 1.165) is 12.8 Å². The molecule has 0 bridgehead atoms. The van der Waals surface area contributed by atoms with Crippen LogP contribution in [0.1, 0.15) is 24.8 Å². The van der Waals surface area contributed by atoms with Crippen LogP contribution in [0.3, 0.4) is 0 Å². The largest absolute Gasteiger partial charge is 0.356 e. The van der Waals surface area contributed by atoms with E-state index in [4.69, 9.17) is 0 Å². The van der Waals surface area contributed by atoms with E-state index in [2.05, 4.69) is 15.6 Å². The van der Waals surface area contributed by atoms with Crippen LogP contribution < -0.4 is 10.6 Å². The Labute approximate surface area is 159 Å². The molecule has 2 N–H and O–H groups in total. The molecule has 1 unspecified atom stereocenters. The molecule has 2 fully saturated rings. The molecule has 1 heterocycles. The summed E-state index contributed by atoms with van der Waals surface area (Å²) in [5, 5.41) is 6.50. The molecule has 1 saturated heterocycles. The van der Waals surface area contributed by atoms with Gasteiger partial charge in [0, 0.05) is 18.2 Å². The highest BCUT2D eigenvalue weighted by Crippen LogP contribution is 2.19. The lowest BCUT2D eigenvalue weighted by Crippen LogP contribution is -2.41. The fourth-order valence-corrected chi connectivity index (χ4v) is 4.50. The highest BCUT2D eigenvalue weighted by Gasteiger charge is 2.28. The van der Waals surface area contributed by atoms with Crippen molar-refractivity contribution in [2.75, 3.05) is 18.1 Å². The van der Waals surface area contributed by atoms with Gasteiger partial charge in [-0.25, -0.2) is 17.8 Å². The molecule has 1 saturated carbocycles. The van der Waals surface area contributed by atoms with Crippen molar-refractivity contribution < 1.29 is 12.8 Å². The van der Waals surface area contributed by atoms with E-state index >= 15 is 0 Å². The van der Waals surface area contributed by atoms with Crippen molar-refractivity contribution in [1.82, 2.24) is 10.6 Å². The zero-order valence-electron chi connectivity index (χ0n) is 13.4. The normalized spacial score (nSPS) is 22.7. The summed E-state index contributed by atoms with van der Waals surface area (Å²) in [6.07, 6.45) is 2.91. The average molecular weight is 467 g/mol. The first kappa shape index (κ1) is 19.4. The third kappa shape index (κ3) is 5.87. The number of sulfone groups is 1. The van der Waals surface area contributed by atoms with Gasteiger partial charge in [-0.2, -0.15) is 0 Å². The minimum atomic E-state index is -2.86. The summed E-state index contributed by atoms with van der Waals surface area (Å²) in [6.45, 7) is 0.840. The molecule has 0 spiro atoms. The van der Waals surface area contributed by atoms with Crippen molar-refractivity contribution in [3.8, 4) is 0 Å². The van der Waals surface area contributed by atoms with Crippen molar-refractivity contribution in [3.05, 3.63) is 35.6 Å². The zero-order valence-corrected chi connectivity index (χ0v) is 16.5. The van der Waals surface area contributed by atoms with Crippen molar-refractivity contribution in [1.29, 1.82) is 0 Å². The van der Waals surface area contributed by atoms with Crippen LogP contribution in [0.15, 0.2) is 29.3 Å². The van der Waals surface area contributed by atoms with Gasteiger partial charge in [0.2, 0.25) is 0 Å². The van der Waals surface area contributed by atoms with Crippen molar-refractivity contribution in [2.24, 2.45) is 10.9 Å². The van der Waals surface area contributed by atoms with E-state index < -0.39 is 9.84 Å². The molecule has 0 aromatic heterocycles. The highest BCUT2D eigenvalue weighted by atomic mass is 127. The number of nitrogens with one attached hydrogen (secondary N) is 2.